The van der Waals surface area contributed by atoms with Crippen molar-refractivity contribution in [2.24, 2.45) is 5.16 Å². The number of carbonyl (C=O) groups is 1. The number of rotatable bonds is 8. The third-order valence-electron chi connectivity index (χ3n) is 7.16. The van der Waals surface area contributed by atoms with E-state index in [-0.39, 0.29) is 0 Å². The predicted octanol–water partition coefficient (Wildman–Crippen LogP) is 6.39. The maximum atomic E-state index is 11.6. The van der Waals surface area contributed by atoms with Crippen LogP contribution in [0.4, 0.5) is 5.82 Å². The van der Waals surface area contributed by atoms with Crippen LogP contribution in [-0.4, -0.2) is 38.6 Å². The molecular weight excluding hydrogens is 496 g/mol. The molecule has 0 saturated heterocycles. The summed E-state index contributed by atoms with van der Waals surface area (Å²) in [5, 5.41) is 18.2. The molecule has 2 aromatic rings. The molecule has 2 aliphatic heterocycles. The lowest BCUT2D eigenvalue weighted by molar-refractivity contribution is -0.140. The van der Waals surface area contributed by atoms with Gasteiger partial charge in [-0.1, -0.05) is 60.3 Å². The molecule has 2 N–H and O–H groups in total. The summed E-state index contributed by atoms with van der Waals surface area (Å²) in [4.78, 5) is 26.3. The first kappa shape index (κ1) is 25.7. The Morgan fingerprint density at radius 1 is 1.21 bits per heavy atom. The normalized spacial score (nSPS) is 20.0. The molecule has 0 spiro atoms. The minimum Gasteiger partial charge on any atom is -0.481 e. The van der Waals surface area contributed by atoms with Crippen molar-refractivity contribution in [1.82, 2.24) is 9.97 Å². The average Bonchev–Trinajstić information content (AvgIpc) is 3.73. The number of carboxylic acid groups (broad SMARTS) is 1. The predicted molar refractivity (Wildman–Crippen MR) is 153 cm³/mol. The second kappa shape index (κ2) is 10.5. The topological polar surface area (TPSA) is 96.7 Å². The number of hydrogen-bond acceptors (Lipinski definition) is 7. The first-order valence-corrected chi connectivity index (χ1v) is 13.5. The third-order valence-corrected chi connectivity index (χ3v) is 8.08. The number of nitrogens with one attached hydrogen (secondary N) is 1. The lowest BCUT2D eigenvalue weighted by Gasteiger charge is -2.23. The summed E-state index contributed by atoms with van der Waals surface area (Å²) >= 11 is 1.69. The van der Waals surface area contributed by atoms with Crippen molar-refractivity contribution in [2.75, 3.05) is 11.1 Å². The highest BCUT2D eigenvalue weighted by atomic mass is 32.2. The van der Waals surface area contributed by atoms with E-state index in [1.54, 1.807) is 18.1 Å². The first-order valence-electron chi connectivity index (χ1n) is 12.5. The summed E-state index contributed by atoms with van der Waals surface area (Å²) in [6.07, 6.45) is 12.6. The number of aliphatic carboxylic acids is 1. The summed E-state index contributed by atoms with van der Waals surface area (Å²) < 4.78 is 0. The SMILES string of the molecule is C=C(/C=C\C(=C/C)c1ccc(C2(C(=O)O)CC2)cc1)C1C=C(Nc2ncnc3c2C(C)=CCS3)C(C)=NO1. The molecule has 1 saturated carbocycles. The molecule has 7 nitrogen and oxygen atoms in total. The van der Waals surface area contributed by atoms with Gasteiger partial charge in [-0.25, -0.2) is 9.97 Å². The maximum absolute atomic E-state index is 11.6. The Hall–Kier alpha value is -3.91. The molecule has 1 unspecified atom stereocenters. The number of hydrogen-bond donors (Lipinski definition) is 2. The number of carboxylic acids is 1. The lowest BCUT2D eigenvalue weighted by atomic mass is 9.93. The third kappa shape index (κ3) is 4.96. The van der Waals surface area contributed by atoms with Crippen LogP contribution < -0.4 is 5.32 Å². The van der Waals surface area contributed by atoms with Gasteiger partial charge in [-0.05, 0) is 67.5 Å². The number of thioether (sulfide) groups is 1. The van der Waals surface area contributed by atoms with Crippen molar-refractivity contribution in [3.63, 3.8) is 0 Å². The highest BCUT2D eigenvalue weighted by Crippen LogP contribution is 2.48. The number of anilines is 1. The fourth-order valence-electron chi connectivity index (χ4n) is 4.58. The van der Waals surface area contributed by atoms with Crippen molar-refractivity contribution in [3.05, 3.63) is 95.5 Å². The highest BCUT2D eigenvalue weighted by Gasteiger charge is 2.51. The van der Waals surface area contributed by atoms with E-state index >= 15 is 0 Å². The standard InChI is InChI=1S/C30H30N4O3S/c1-5-21(22-8-10-23(11-9-22)30(13-14-30)29(35)36)7-6-18(2)25-16-24(20(4)34-37-25)33-27-26-19(3)12-15-38-28(26)32-17-31-27/h5-12,16-17,25H,2,13-15H2,1,3-4H3,(H,35,36)(H,31,32,33)/b7-6-,21-5+. The molecule has 3 aliphatic rings. The van der Waals surface area contributed by atoms with Crippen molar-refractivity contribution >= 4 is 40.4 Å². The zero-order valence-electron chi connectivity index (χ0n) is 21.7. The van der Waals surface area contributed by atoms with Gasteiger partial charge in [-0.3, -0.25) is 4.79 Å². The Kier molecular flexibility index (Phi) is 7.08. The zero-order chi connectivity index (χ0) is 26.9. The van der Waals surface area contributed by atoms with Gasteiger partial charge in [0.05, 0.1) is 22.4 Å². The molecular formula is C30H30N4O3S. The van der Waals surface area contributed by atoms with Crippen LogP contribution in [0, 0.1) is 0 Å². The molecule has 38 heavy (non-hydrogen) atoms. The number of benzene rings is 1. The molecule has 0 amide bonds. The molecule has 1 fully saturated rings. The highest BCUT2D eigenvalue weighted by molar-refractivity contribution is 7.99. The number of oxime groups is 1. The molecule has 194 valence electrons. The summed E-state index contributed by atoms with van der Waals surface area (Å²) in [5.41, 5.74) is 6.61. The summed E-state index contributed by atoms with van der Waals surface area (Å²) in [7, 11) is 0. The van der Waals surface area contributed by atoms with Crippen LogP contribution in [0.3, 0.4) is 0 Å². The van der Waals surface area contributed by atoms with Gasteiger partial charge in [-0.15, -0.1) is 11.8 Å². The average molecular weight is 527 g/mol. The van der Waals surface area contributed by atoms with Crippen molar-refractivity contribution < 1.29 is 14.7 Å². The zero-order valence-corrected chi connectivity index (χ0v) is 22.5. The van der Waals surface area contributed by atoms with Gasteiger partial charge >= 0.3 is 5.97 Å². The number of allylic oxidation sites excluding steroid dienone is 5. The van der Waals surface area contributed by atoms with Gasteiger partial charge in [0.15, 0.2) is 6.10 Å². The van der Waals surface area contributed by atoms with Gasteiger partial charge in [0.25, 0.3) is 0 Å². The Bertz CT molecular complexity index is 1450. The fourth-order valence-corrected chi connectivity index (χ4v) is 5.60. The van der Waals surface area contributed by atoms with Gasteiger partial charge in [0.1, 0.15) is 17.2 Å². The molecule has 1 aromatic heterocycles. The van der Waals surface area contributed by atoms with Gasteiger partial charge in [0, 0.05) is 5.75 Å². The Balaban J connectivity index is 1.31. The number of fused-ring (bicyclic) bond motifs is 1. The second-order valence-electron chi connectivity index (χ2n) is 9.63. The van der Waals surface area contributed by atoms with Crippen molar-refractivity contribution in [2.45, 2.75) is 50.2 Å². The van der Waals surface area contributed by atoms with Crippen LogP contribution in [0.15, 0.2) is 89.0 Å². The van der Waals surface area contributed by atoms with E-state index in [4.69, 9.17) is 4.84 Å². The quantitative estimate of drug-likeness (QED) is 0.304. The molecule has 8 heteroatoms. The van der Waals surface area contributed by atoms with E-state index in [0.29, 0.717) is 12.8 Å². The smallest absolute Gasteiger partial charge is 0.314 e. The minimum absolute atomic E-state index is 0.438. The van der Waals surface area contributed by atoms with Crippen LogP contribution in [0.25, 0.3) is 11.1 Å². The fraction of sp³-hybridized carbons (Fsp3) is 0.267. The number of aromatic nitrogens is 2. The van der Waals surface area contributed by atoms with Crippen LogP contribution >= 0.6 is 11.8 Å². The second-order valence-corrected chi connectivity index (χ2v) is 10.6. The van der Waals surface area contributed by atoms with Crippen LogP contribution in [0.5, 0.6) is 0 Å². The van der Waals surface area contributed by atoms with Crippen LogP contribution in [-0.2, 0) is 15.0 Å². The van der Waals surface area contributed by atoms with Crippen LogP contribution in [0.2, 0.25) is 0 Å². The summed E-state index contributed by atoms with van der Waals surface area (Å²) in [5.74, 6) is 0.904. The monoisotopic (exact) mass is 526 g/mol. The van der Waals surface area contributed by atoms with E-state index in [2.05, 4.69) is 40.0 Å². The Morgan fingerprint density at radius 3 is 2.66 bits per heavy atom. The van der Waals surface area contributed by atoms with Crippen LogP contribution in [0.1, 0.15) is 50.3 Å². The minimum atomic E-state index is -0.745. The summed E-state index contributed by atoms with van der Waals surface area (Å²) in [6.45, 7) is 10.1. The molecule has 1 atom stereocenters. The maximum Gasteiger partial charge on any atom is 0.314 e. The molecule has 3 heterocycles. The Morgan fingerprint density at radius 2 is 1.97 bits per heavy atom. The van der Waals surface area contributed by atoms with Crippen molar-refractivity contribution in [3.8, 4) is 0 Å². The Labute approximate surface area is 226 Å². The molecule has 1 aromatic carbocycles. The first-order chi connectivity index (χ1) is 18.3. The largest absolute Gasteiger partial charge is 0.481 e. The summed E-state index contributed by atoms with van der Waals surface area (Å²) in [6, 6.07) is 7.80. The van der Waals surface area contributed by atoms with E-state index in [1.807, 2.05) is 62.4 Å². The van der Waals surface area contributed by atoms with E-state index in [1.165, 1.54) is 0 Å². The molecule has 1 aliphatic carbocycles. The van der Waals surface area contributed by atoms with Gasteiger partial charge < -0.3 is 15.3 Å². The van der Waals surface area contributed by atoms with Gasteiger partial charge in [-0.2, -0.15) is 0 Å². The van der Waals surface area contributed by atoms with E-state index in [0.717, 1.165) is 61.4 Å². The van der Waals surface area contributed by atoms with Crippen molar-refractivity contribution in [1.29, 1.82) is 0 Å². The molecule has 0 bridgehead atoms. The molecule has 5 rings (SSSR count). The lowest BCUT2D eigenvalue weighted by Crippen LogP contribution is -2.22. The van der Waals surface area contributed by atoms with E-state index < -0.39 is 17.5 Å². The van der Waals surface area contributed by atoms with Gasteiger partial charge in [0.2, 0.25) is 0 Å². The van der Waals surface area contributed by atoms with E-state index in [9.17, 15) is 9.90 Å². The molecule has 0 radical (unpaired) electrons. The number of nitrogens with zero attached hydrogens (tertiary/aromatic N) is 3.